The second-order valence-electron chi connectivity index (χ2n) is 8.12. The lowest BCUT2D eigenvalue weighted by atomic mass is 10.1. The molecule has 0 amide bonds. The third-order valence-corrected chi connectivity index (χ3v) is 6.72. The molecule has 0 unspecified atom stereocenters. The van der Waals surface area contributed by atoms with Crippen LogP contribution in [0.1, 0.15) is 42.3 Å². The van der Waals surface area contributed by atoms with E-state index in [1.54, 1.807) is 12.3 Å². The highest BCUT2D eigenvalue weighted by Gasteiger charge is 2.11. The molecule has 0 aliphatic carbocycles. The monoisotopic (exact) mass is 629 g/mol. The Balaban J connectivity index is 1.60. The summed E-state index contributed by atoms with van der Waals surface area (Å²) in [6, 6.07) is 19.7. The van der Waals surface area contributed by atoms with Gasteiger partial charge in [0.1, 0.15) is 18.2 Å². The highest BCUT2D eigenvalue weighted by atomic mass is 127. The molecular weight excluding hydrogens is 605 g/mol. The summed E-state index contributed by atoms with van der Waals surface area (Å²) in [6.07, 6.45) is 4.35. The van der Waals surface area contributed by atoms with Gasteiger partial charge in [0, 0.05) is 10.9 Å². The van der Waals surface area contributed by atoms with E-state index in [1.165, 1.54) is 10.2 Å². The molecular formula is C27H25BrIN3O2. The Morgan fingerprint density at radius 2 is 2.00 bits per heavy atom. The molecule has 0 N–H and O–H groups in total. The highest BCUT2D eigenvalue weighted by molar-refractivity contribution is 14.1. The molecule has 4 aromatic rings. The molecule has 0 saturated heterocycles. The minimum Gasteiger partial charge on any atom is -0.488 e. The number of hydrogen-bond donors (Lipinski definition) is 0. The molecule has 0 radical (unpaired) electrons. The van der Waals surface area contributed by atoms with Crippen LogP contribution in [0.5, 0.6) is 5.75 Å². The molecule has 34 heavy (non-hydrogen) atoms. The summed E-state index contributed by atoms with van der Waals surface area (Å²) in [6.45, 7) is 4.71. The van der Waals surface area contributed by atoms with Crippen molar-refractivity contribution in [2.45, 2.75) is 39.7 Å². The van der Waals surface area contributed by atoms with Gasteiger partial charge < -0.3 is 4.74 Å². The third-order valence-electron chi connectivity index (χ3n) is 5.38. The first-order valence-corrected chi connectivity index (χ1v) is 13.0. The molecule has 0 saturated carbocycles. The quantitative estimate of drug-likeness (QED) is 0.158. The Labute approximate surface area is 221 Å². The minimum absolute atomic E-state index is 0.165. The third kappa shape index (κ3) is 5.93. The molecule has 3 aromatic carbocycles. The van der Waals surface area contributed by atoms with Gasteiger partial charge in [0.2, 0.25) is 0 Å². The van der Waals surface area contributed by atoms with Crippen LogP contribution in [0.15, 0.2) is 75.0 Å². The summed E-state index contributed by atoms with van der Waals surface area (Å²) >= 11 is 5.71. The van der Waals surface area contributed by atoms with Gasteiger partial charge in [-0.15, -0.1) is 0 Å². The number of fused-ring (bicyclic) bond motifs is 1. The van der Waals surface area contributed by atoms with Gasteiger partial charge in [-0.25, -0.2) is 4.98 Å². The summed E-state index contributed by atoms with van der Waals surface area (Å²) < 4.78 is 9.27. The van der Waals surface area contributed by atoms with Crippen molar-refractivity contribution in [3.63, 3.8) is 0 Å². The Morgan fingerprint density at radius 3 is 2.76 bits per heavy atom. The molecule has 5 nitrogen and oxygen atoms in total. The van der Waals surface area contributed by atoms with Crippen molar-refractivity contribution in [1.82, 2.24) is 9.66 Å². The summed E-state index contributed by atoms with van der Waals surface area (Å²) in [5.74, 6) is 1.49. The van der Waals surface area contributed by atoms with E-state index in [9.17, 15) is 4.79 Å². The van der Waals surface area contributed by atoms with Gasteiger partial charge in [-0.2, -0.15) is 9.78 Å². The number of hydrogen-bond acceptors (Lipinski definition) is 4. The molecule has 7 heteroatoms. The van der Waals surface area contributed by atoms with Crippen LogP contribution >= 0.6 is 38.5 Å². The normalized spacial score (nSPS) is 11.4. The predicted octanol–water partition coefficient (Wildman–Crippen LogP) is 6.88. The summed E-state index contributed by atoms with van der Waals surface area (Å²) in [5.41, 5.74) is 3.76. The van der Waals surface area contributed by atoms with Crippen molar-refractivity contribution in [2.75, 3.05) is 0 Å². The molecule has 4 rings (SSSR count). The number of nitrogens with zero attached hydrogens (tertiary/aromatic N) is 3. The van der Waals surface area contributed by atoms with Crippen molar-refractivity contribution < 1.29 is 4.74 Å². The number of unbranched alkanes of at least 4 members (excludes halogenated alkanes) is 1. The number of ether oxygens (including phenoxy) is 1. The lowest BCUT2D eigenvalue weighted by Gasteiger charge is -2.10. The molecule has 0 atom stereocenters. The second-order valence-corrected chi connectivity index (χ2v) is 10.2. The maximum absolute atomic E-state index is 13.2. The van der Waals surface area contributed by atoms with Crippen LogP contribution in [0, 0.1) is 10.5 Å². The van der Waals surface area contributed by atoms with Crippen molar-refractivity contribution >= 4 is 55.6 Å². The molecule has 0 fully saturated rings. The number of aryl methyl sites for hydroxylation is 2. The first kappa shape index (κ1) is 24.6. The molecule has 174 valence electrons. The molecule has 0 aliphatic heterocycles. The average molecular weight is 630 g/mol. The lowest BCUT2D eigenvalue weighted by molar-refractivity contribution is 0.304. The molecule has 0 bridgehead atoms. The topological polar surface area (TPSA) is 56.5 Å². The van der Waals surface area contributed by atoms with Crippen LogP contribution in [-0.4, -0.2) is 15.9 Å². The standard InChI is InChI=1S/C27H25BrIN3O2/c1-3-4-8-26-31-24-11-10-21(28)15-22(24)27(33)32(26)30-16-19-9-12-25(23(29)14-19)34-17-20-7-5-6-18(2)13-20/h5-7,9-16H,3-4,8,17H2,1-2H3. The predicted molar refractivity (Wildman–Crippen MR) is 150 cm³/mol. The number of halogens is 2. The van der Waals surface area contributed by atoms with E-state index in [0.29, 0.717) is 29.8 Å². The molecule has 0 aliphatic rings. The van der Waals surface area contributed by atoms with Crippen molar-refractivity contribution in [2.24, 2.45) is 5.10 Å². The smallest absolute Gasteiger partial charge is 0.282 e. The largest absolute Gasteiger partial charge is 0.488 e. The van der Waals surface area contributed by atoms with Crippen LogP contribution in [0.3, 0.4) is 0 Å². The zero-order valence-corrected chi connectivity index (χ0v) is 22.8. The second kappa shape index (κ2) is 11.3. The Bertz CT molecular complexity index is 1420. The zero-order chi connectivity index (χ0) is 24.1. The van der Waals surface area contributed by atoms with Crippen LogP contribution in [0.4, 0.5) is 0 Å². The van der Waals surface area contributed by atoms with Gasteiger partial charge >= 0.3 is 0 Å². The van der Waals surface area contributed by atoms with Crippen molar-refractivity contribution in [1.29, 1.82) is 0 Å². The highest BCUT2D eigenvalue weighted by Crippen LogP contribution is 2.23. The van der Waals surface area contributed by atoms with Crippen LogP contribution in [0.25, 0.3) is 10.9 Å². The van der Waals surface area contributed by atoms with Crippen molar-refractivity contribution in [3.8, 4) is 5.75 Å². The first-order valence-electron chi connectivity index (χ1n) is 11.2. The van der Waals surface area contributed by atoms with E-state index in [0.717, 1.165) is 37.8 Å². The number of rotatable bonds is 8. The number of benzene rings is 3. The number of aromatic nitrogens is 2. The van der Waals surface area contributed by atoms with Gasteiger partial charge in [-0.1, -0.05) is 59.1 Å². The Kier molecular flexibility index (Phi) is 8.15. The van der Waals surface area contributed by atoms with Gasteiger partial charge in [0.25, 0.3) is 5.56 Å². The van der Waals surface area contributed by atoms with Crippen LogP contribution in [0.2, 0.25) is 0 Å². The minimum atomic E-state index is -0.165. The fraction of sp³-hybridized carbons (Fsp3) is 0.222. The van der Waals surface area contributed by atoms with E-state index in [4.69, 9.17) is 9.72 Å². The van der Waals surface area contributed by atoms with E-state index in [2.05, 4.69) is 75.7 Å². The summed E-state index contributed by atoms with van der Waals surface area (Å²) in [4.78, 5) is 17.9. The van der Waals surface area contributed by atoms with E-state index in [-0.39, 0.29) is 5.56 Å². The molecule has 1 aromatic heterocycles. The van der Waals surface area contributed by atoms with Gasteiger partial charge in [-0.3, -0.25) is 4.79 Å². The fourth-order valence-corrected chi connectivity index (χ4v) is 4.67. The SMILES string of the molecule is CCCCc1nc2ccc(Br)cc2c(=O)n1N=Cc1ccc(OCc2cccc(C)c2)c(I)c1. The van der Waals surface area contributed by atoms with Crippen LogP contribution in [-0.2, 0) is 13.0 Å². The summed E-state index contributed by atoms with van der Waals surface area (Å²) in [5, 5.41) is 5.08. The average Bonchev–Trinajstić information content (AvgIpc) is 2.82. The zero-order valence-electron chi connectivity index (χ0n) is 19.1. The van der Waals surface area contributed by atoms with Crippen molar-refractivity contribution in [3.05, 3.63) is 102 Å². The Hall–Kier alpha value is -2.52. The molecule has 0 spiro atoms. The first-order chi connectivity index (χ1) is 16.4. The fourth-order valence-electron chi connectivity index (χ4n) is 3.61. The van der Waals surface area contributed by atoms with Gasteiger partial charge in [0.05, 0.1) is 20.7 Å². The van der Waals surface area contributed by atoms with Gasteiger partial charge in [0.15, 0.2) is 0 Å². The summed E-state index contributed by atoms with van der Waals surface area (Å²) in [7, 11) is 0. The Morgan fingerprint density at radius 1 is 1.15 bits per heavy atom. The van der Waals surface area contributed by atoms with E-state index in [1.807, 2.05) is 36.4 Å². The van der Waals surface area contributed by atoms with Crippen LogP contribution < -0.4 is 10.3 Å². The maximum atomic E-state index is 13.2. The van der Waals surface area contributed by atoms with E-state index >= 15 is 0 Å². The maximum Gasteiger partial charge on any atom is 0.282 e. The van der Waals surface area contributed by atoms with E-state index < -0.39 is 0 Å². The van der Waals surface area contributed by atoms with Gasteiger partial charge in [-0.05, 0) is 83.5 Å². The molecule has 1 heterocycles. The lowest BCUT2D eigenvalue weighted by Crippen LogP contribution is -2.22.